The van der Waals surface area contributed by atoms with Gasteiger partial charge in [-0.3, -0.25) is 9.59 Å². The minimum absolute atomic E-state index is 0.0324. The van der Waals surface area contributed by atoms with Crippen molar-refractivity contribution < 1.29 is 32.6 Å². The van der Waals surface area contributed by atoms with Crippen LogP contribution in [0.4, 0.5) is 16.2 Å². The van der Waals surface area contributed by atoms with E-state index in [1.165, 1.54) is 7.11 Å². The third-order valence-electron chi connectivity index (χ3n) is 6.93. The molecule has 0 radical (unpaired) electrons. The topological polar surface area (TPSA) is 154 Å². The minimum atomic E-state index is -3.72. The van der Waals surface area contributed by atoms with E-state index in [1.54, 1.807) is 54.4 Å². The van der Waals surface area contributed by atoms with Gasteiger partial charge in [0.15, 0.2) is 0 Å². The first-order valence-electron chi connectivity index (χ1n) is 14.3. The van der Waals surface area contributed by atoms with Crippen LogP contribution in [0.2, 0.25) is 0 Å². The van der Waals surface area contributed by atoms with Gasteiger partial charge >= 0.3 is 12.0 Å². The number of carbonyl (C=O) groups excluding carboxylic acids is 2. The van der Waals surface area contributed by atoms with Crippen LogP contribution >= 0.6 is 0 Å². The molecule has 3 aromatic rings. The van der Waals surface area contributed by atoms with Crippen molar-refractivity contribution in [2.45, 2.75) is 52.1 Å². The Morgan fingerprint density at radius 1 is 0.932 bits per heavy atom. The fraction of sp³-hybridized carbons (Fsp3) is 0.344. The van der Waals surface area contributed by atoms with Gasteiger partial charge in [-0.15, -0.1) is 0 Å². The van der Waals surface area contributed by atoms with Crippen molar-refractivity contribution in [3.05, 3.63) is 89.0 Å². The van der Waals surface area contributed by atoms with Gasteiger partial charge in [-0.25, -0.2) is 17.9 Å². The predicted octanol–water partition coefficient (Wildman–Crippen LogP) is 4.56. The van der Waals surface area contributed by atoms with Crippen LogP contribution in [0.1, 0.15) is 42.0 Å². The van der Waals surface area contributed by atoms with Crippen molar-refractivity contribution >= 4 is 39.3 Å². The molecule has 0 aliphatic rings. The zero-order valence-electron chi connectivity index (χ0n) is 25.4. The van der Waals surface area contributed by atoms with E-state index in [9.17, 15) is 27.9 Å². The number of urea groups is 1. The number of carbonyl (C=O) groups is 3. The third kappa shape index (κ3) is 10.4. The van der Waals surface area contributed by atoms with E-state index in [0.29, 0.717) is 41.1 Å². The number of ether oxygens (including phenoxy) is 1. The predicted molar refractivity (Wildman–Crippen MR) is 170 cm³/mol. The molecule has 3 rings (SSSR count). The molecule has 0 saturated carbocycles. The summed E-state index contributed by atoms with van der Waals surface area (Å²) in [5.41, 5.74) is 4.16. The monoisotopic (exact) mass is 624 g/mol. The summed E-state index contributed by atoms with van der Waals surface area (Å²) >= 11 is 0. The number of hydrogen-bond donors (Lipinski definition) is 4. The molecule has 0 spiro atoms. The zero-order valence-corrected chi connectivity index (χ0v) is 26.2. The van der Waals surface area contributed by atoms with Gasteiger partial charge in [0.1, 0.15) is 11.8 Å². The molecule has 4 N–H and O–H groups in total. The van der Waals surface area contributed by atoms with Crippen LogP contribution in [0.5, 0.6) is 5.75 Å². The molecule has 0 saturated heterocycles. The molecule has 0 aliphatic carbocycles. The van der Waals surface area contributed by atoms with Crippen LogP contribution in [0.15, 0.2) is 66.7 Å². The Morgan fingerprint density at radius 3 is 2.32 bits per heavy atom. The largest absolute Gasteiger partial charge is 0.495 e. The SMILES string of the molecule is CCCCS(=O)(=O)NC(Cc1cccc(CN(C)C(=O)Cc2ccc(NC(=O)Nc3ccccc3C)c(OC)c2)c1)C(=O)O. The summed E-state index contributed by atoms with van der Waals surface area (Å²) in [4.78, 5) is 38.9. The Bertz CT molecular complexity index is 1580. The lowest BCUT2D eigenvalue weighted by Gasteiger charge is -2.19. The summed E-state index contributed by atoms with van der Waals surface area (Å²) in [6.45, 7) is 4.02. The highest BCUT2D eigenvalue weighted by Gasteiger charge is 2.24. The van der Waals surface area contributed by atoms with Crippen LogP contribution in [0.3, 0.4) is 0 Å². The van der Waals surface area contributed by atoms with Gasteiger partial charge in [-0.1, -0.05) is 61.9 Å². The number of para-hydroxylation sites is 1. The van der Waals surface area contributed by atoms with E-state index in [2.05, 4.69) is 15.4 Å². The van der Waals surface area contributed by atoms with Gasteiger partial charge in [-0.05, 0) is 60.2 Å². The van der Waals surface area contributed by atoms with Crippen LogP contribution in [0, 0.1) is 6.92 Å². The maximum atomic E-state index is 13.1. The standard InChI is InChI=1S/C32H40N4O7S/c1-5-6-16-44(41,42)35-28(31(38)39)18-23-11-9-12-25(17-23)21-36(3)30(37)20-24-14-15-27(29(19-24)43-4)34-32(40)33-26-13-8-7-10-22(26)2/h7-15,17,19,28,35H,5-6,16,18,20-21H2,1-4H3,(H,38,39)(H2,33,34,40). The Hall–Kier alpha value is -4.42. The molecule has 0 fully saturated rings. The molecule has 0 bridgehead atoms. The molecule has 11 nitrogen and oxygen atoms in total. The average Bonchev–Trinajstić information content (AvgIpc) is 2.97. The summed E-state index contributed by atoms with van der Waals surface area (Å²) in [6, 6.07) is 17.9. The van der Waals surface area contributed by atoms with Crippen molar-refractivity contribution in [2.24, 2.45) is 0 Å². The number of likely N-dealkylation sites (N-methyl/N-ethyl adjacent to an activating group) is 1. The lowest BCUT2D eigenvalue weighted by molar-refractivity contribution is -0.139. The van der Waals surface area contributed by atoms with Gasteiger partial charge in [0.05, 0.1) is 25.0 Å². The Labute approximate surface area is 258 Å². The van der Waals surface area contributed by atoms with Gasteiger partial charge in [-0.2, -0.15) is 0 Å². The average molecular weight is 625 g/mol. The molecule has 1 atom stereocenters. The second kappa shape index (κ2) is 15.9. The quantitative estimate of drug-likeness (QED) is 0.193. The highest BCUT2D eigenvalue weighted by atomic mass is 32.2. The summed E-state index contributed by atoms with van der Waals surface area (Å²) in [5.74, 6) is -1.15. The van der Waals surface area contributed by atoms with Gasteiger partial charge in [0.25, 0.3) is 0 Å². The molecule has 44 heavy (non-hydrogen) atoms. The summed E-state index contributed by atoms with van der Waals surface area (Å²) in [7, 11) is -0.575. The van der Waals surface area contributed by atoms with E-state index in [4.69, 9.17) is 4.74 Å². The maximum Gasteiger partial charge on any atom is 0.323 e. The third-order valence-corrected chi connectivity index (χ3v) is 8.40. The number of carboxylic acids is 1. The molecule has 236 valence electrons. The molecule has 12 heteroatoms. The minimum Gasteiger partial charge on any atom is -0.495 e. The fourth-order valence-corrected chi connectivity index (χ4v) is 5.89. The normalized spacial score (nSPS) is 11.8. The Balaban J connectivity index is 1.61. The van der Waals surface area contributed by atoms with Crippen LogP contribution in [0.25, 0.3) is 0 Å². The number of amides is 3. The van der Waals surface area contributed by atoms with Gasteiger partial charge in [0.2, 0.25) is 15.9 Å². The fourth-order valence-electron chi connectivity index (χ4n) is 4.49. The number of aliphatic carboxylic acids is 1. The number of rotatable bonds is 15. The van der Waals surface area contributed by atoms with Crippen molar-refractivity contribution in [3.63, 3.8) is 0 Å². The maximum absolute atomic E-state index is 13.1. The molecule has 3 amide bonds. The summed E-state index contributed by atoms with van der Waals surface area (Å²) < 4.78 is 32.3. The van der Waals surface area contributed by atoms with E-state index in [1.807, 2.05) is 38.1 Å². The molecule has 0 heterocycles. The van der Waals surface area contributed by atoms with Gasteiger partial charge < -0.3 is 25.4 Å². The number of aryl methyl sites for hydroxylation is 1. The van der Waals surface area contributed by atoms with Crippen LogP contribution in [-0.4, -0.2) is 62.3 Å². The summed E-state index contributed by atoms with van der Waals surface area (Å²) in [6.07, 6.45) is 1.17. The molecule has 0 aromatic heterocycles. The second-order valence-electron chi connectivity index (χ2n) is 10.6. The number of nitrogens with zero attached hydrogens (tertiary/aromatic N) is 1. The number of anilines is 2. The highest BCUT2D eigenvalue weighted by Crippen LogP contribution is 2.27. The van der Waals surface area contributed by atoms with Crippen molar-refractivity contribution in [3.8, 4) is 5.75 Å². The lowest BCUT2D eigenvalue weighted by atomic mass is 10.0. The second-order valence-corrected chi connectivity index (χ2v) is 12.4. The number of benzene rings is 3. The number of carboxylic acid groups (broad SMARTS) is 1. The number of unbranched alkanes of at least 4 members (excludes halogenated alkanes) is 1. The van der Waals surface area contributed by atoms with Crippen molar-refractivity contribution in [1.29, 1.82) is 0 Å². The number of hydrogen-bond acceptors (Lipinski definition) is 6. The number of methoxy groups -OCH3 is 1. The molecule has 3 aromatic carbocycles. The first-order valence-corrected chi connectivity index (χ1v) is 15.9. The van der Waals surface area contributed by atoms with Crippen LogP contribution < -0.4 is 20.1 Å². The van der Waals surface area contributed by atoms with Crippen molar-refractivity contribution in [2.75, 3.05) is 30.5 Å². The lowest BCUT2D eigenvalue weighted by Crippen LogP contribution is -2.43. The molecular formula is C32H40N4O7S. The molecular weight excluding hydrogens is 584 g/mol. The van der Waals surface area contributed by atoms with E-state index < -0.39 is 28.1 Å². The number of nitrogens with one attached hydrogen (secondary N) is 3. The Kier molecular flexibility index (Phi) is 12.3. The van der Waals surface area contributed by atoms with Gasteiger partial charge in [0, 0.05) is 19.3 Å². The smallest absolute Gasteiger partial charge is 0.323 e. The highest BCUT2D eigenvalue weighted by molar-refractivity contribution is 7.89. The summed E-state index contributed by atoms with van der Waals surface area (Å²) in [5, 5.41) is 15.2. The van der Waals surface area contributed by atoms with E-state index in [0.717, 1.165) is 11.1 Å². The zero-order chi connectivity index (χ0) is 32.3. The molecule has 0 aliphatic heterocycles. The van der Waals surface area contributed by atoms with E-state index in [-0.39, 0.29) is 31.0 Å². The number of sulfonamides is 1. The molecule has 1 unspecified atom stereocenters. The first kappa shape index (κ1) is 34.1. The first-order chi connectivity index (χ1) is 20.9. The Morgan fingerprint density at radius 2 is 1.64 bits per heavy atom. The van der Waals surface area contributed by atoms with Crippen molar-refractivity contribution in [1.82, 2.24) is 9.62 Å². The van der Waals surface area contributed by atoms with Crippen LogP contribution in [-0.2, 0) is 39.0 Å². The van der Waals surface area contributed by atoms with E-state index >= 15 is 0 Å².